The van der Waals surface area contributed by atoms with Crippen molar-refractivity contribution in [3.8, 4) is 0 Å². The van der Waals surface area contributed by atoms with Crippen molar-refractivity contribution in [1.29, 1.82) is 0 Å². The molecule has 3 amide bonds. The highest BCUT2D eigenvalue weighted by Gasteiger charge is 2.35. The van der Waals surface area contributed by atoms with E-state index in [0.29, 0.717) is 23.6 Å². The summed E-state index contributed by atoms with van der Waals surface area (Å²) in [6, 6.07) is 9.88. The van der Waals surface area contributed by atoms with Crippen LogP contribution in [0.15, 0.2) is 47.1 Å². The Labute approximate surface area is 173 Å². The minimum absolute atomic E-state index is 0.0442. The van der Waals surface area contributed by atoms with Gasteiger partial charge in [-0.15, -0.1) is 0 Å². The van der Waals surface area contributed by atoms with E-state index in [1.165, 1.54) is 16.1 Å². The van der Waals surface area contributed by atoms with Gasteiger partial charge < -0.3 is 24.3 Å². The number of nitrogens with one attached hydrogen (secondary N) is 1. The number of nitrogens with zero attached hydrogens (tertiary/aromatic N) is 2. The van der Waals surface area contributed by atoms with E-state index in [1.807, 2.05) is 0 Å². The molecule has 1 N–H and O–H groups in total. The molecular weight excluding hydrogens is 390 g/mol. The quantitative estimate of drug-likeness (QED) is 0.689. The van der Waals surface area contributed by atoms with Crippen LogP contribution < -0.4 is 5.32 Å². The first-order valence-corrected chi connectivity index (χ1v) is 9.42. The normalized spacial score (nSPS) is 15.7. The van der Waals surface area contributed by atoms with Gasteiger partial charge in [-0.1, -0.05) is 0 Å². The first-order valence-electron chi connectivity index (χ1n) is 9.42. The molecule has 9 nitrogen and oxygen atoms in total. The summed E-state index contributed by atoms with van der Waals surface area (Å²) in [7, 11) is 3.31. The predicted octanol–water partition coefficient (Wildman–Crippen LogP) is 1.51. The van der Waals surface area contributed by atoms with Gasteiger partial charge in [0.05, 0.1) is 18.7 Å². The number of carbonyl (C=O) groups excluding carboxylic acids is 4. The highest BCUT2D eigenvalue weighted by molar-refractivity contribution is 5.96. The zero-order valence-electron chi connectivity index (χ0n) is 16.8. The Kier molecular flexibility index (Phi) is 6.51. The first kappa shape index (κ1) is 21.1. The molecule has 0 bridgehead atoms. The lowest BCUT2D eigenvalue weighted by Crippen LogP contribution is -2.28. The standard InChI is InChI=1S/C21H23N3O6/c1-23(2)20(27)14-5-7-16(8-6-14)22-18(25)13-30-21(28)15-10-19(26)24(11-15)12-17-4-3-9-29-17/h3-9,15H,10-13H2,1-2H3,(H,22,25)/t15-/m1/s1. The number of hydrogen-bond donors (Lipinski definition) is 1. The second-order valence-corrected chi connectivity index (χ2v) is 7.19. The maximum absolute atomic E-state index is 12.2. The van der Waals surface area contributed by atoms with Crippen LogP contribution in [0.5, 0.6) is 0 Å². The summed E-state index contributed by atoms with van der Waals surface area (Å²) in [4.78, 5) is 51.2. The molecule has 1 aromatic heterocycles. The van der Waals surface area contributed by atoms with Crippen LogP contribution in [0.4, 0.5) is 5.69 Å². The number of likely N-dealkylation sites (tertiary alicyclic amines) is 1. The summed E-state index contributed by atoms with van der Waals surface area (Å²) in [6.45, 7) is 0.0594. The number of anilines is 1. The molecule has 0 saturated carbocycles. The largest absolute Gasteiger partial charge is 0.467 e. The highest BCUT2D eigenvalue weighted by Crippen LogP contribution is 2.21. The van der Waals surface area contributed by atoms with Crippen molar-refractivity contribution in [2.75, 3.05) is 32.6 Å². The van der Waals surface area contributed by atoms with Crippen molar-refractivity contribution >= 4 is 29.4 Å². The van der Waals surface area contributed by atoms with Gasteiger partial charge in [-0.25, -0.2) is 0 Å². The van der Waals surface area contributed by atoms with E-state index in [4.69, 9.17) is 9.15 Å². The van der Waals surface area contributed by atoms with Crippen molar-refractivity contribution in [3.63, 3.8) is 0 Å². The van der Waals surface area contributed by atoms with Crippen molar-refractivity contribution in [2.45, 2.75) is 13.0 Å². The average Bonchev–Trinajstić information content (AvgIpc) is 3.36. The average molecular weight is 413 g/mol. The molecule has 9 heteroatoms. The number of rotatable bonds is 7. The summed E-state index contributed by atoms with van der Waals surface area (Å²) in [5.74, 6) is -1.38. The maximum atomic E-state index is 12.2. The Balaban J connectivity index is 1.45. The summed E-state index contributed by atoms with van der Waals surface area (Å²) in [6.07, 6.45) is 1.57. The van der Waals surface area contributed by atoms with E-state index in [9.17, 15) is 19.2 Å². The highest BCUT2D eigenvalue weighted by atomic mass is 16.5. The van der Waals surface area contributed by atoms with Gasteiger partial charge in [-0.2, -0.15) is 0 Å². The zero-order valence-corrected chi connectivity index (χ0v) is 16.8. The molecule has 158 valence electrons. The smallest absolute Gasteiger partial charge is 0.311 e. The lowest BCUT2D eigenvalue weighted by Gasteiger charge is -2.14. The molecule has 2 heterocycles. The molecule has 0 radical (unpaired) electrons. The van der Waals surface area contributed by atoms with Crippen LogP contribution in [-0.2, 0) is 25.7 Å². The Morgan fingerprint density at radius 3 is 2.57 bits per heavy atom. The minimum atomic E-state index is -0.614. The van der Waals surface area contributed by atoms with Gasteiger partial charge in [0.1, 0.15) is 5.76 Å². The van der Waals surface area contributed by atoms with E-state index in [-0.39, 0.29) is 24.8 Å². The summed E-state index contributed by atoms with van der Waals surface area (Å²) >= 11 is 0. The Morgan fingerprint density at radius 1 is 1.20 bits per heavy atom. The van der Waals surface area contributed by atoms with Crippen LogP contribution in [-0.4, -0.2) is 60.7 Å². The summed E-state index contributed by atoms with van der Waals surface area (Å²) in [5.41, 5.74) is 0.974. The molecule has 0 unspecified atom stereocenters. The van der Waals surface area contributed by atoms with Crippen LogP contribution in [0.3, 0.4) is 0 Å². The van der Waals surface area contributed by atoms with E-state index < -0.39 is 24.4 Å². The fraction of sp³-hybridized carbons (Fsp3) is 0.333. The van der Waals surface area contributed by atoms with Gasteiger partial charge >= 0.3 is 5.97 Å². The third kappa shape index (κ3) is 5.25. The number of carbonyl (C=O) groups is 4. The molecule has 1 fully saturated rings. The molecule has 2 aromatic rings. The molecule has 0 aliphatic carbocycles. The van der Waals surface area contributed by atoms with Gasteiger partial charge in [-0.3, -0.25) is 19.2 Å². The van der Waals surface area contributed by atoms with Gasteiger partial charge in [0.2, 0.25) is 5.91 Å². The number of furan rings is 1. The lowest BCUT2D eigenvalue weighted by molar-refractivity contribution is -0.151. The molecule has 1 aliphatic heterocycles. The third-order valence-electron chi connectivity index (χ3n) is 4.64. The summed E-state index contributed by atoms with van der Waals surface area (Å²) in [5, 5.41) is 2.60. The molecule has 30 heavy (non-hydrogen) atoms. The fourth-order valence-electron chi connectivity index (χ4n) is 3.08. The molecule has 1 saturated heterocycles. The van der Waals surface area contributed by atoms with Crippen LogP contribution >= 0.6 is 0 Å². The van der Waals surface area contributed by atoms with E-state index in [2.05, 4.69) is 5.32 Å². The van der Waals surface area contributed by atoms with Crippen LogP contribution in [0.1, 0.15) is 22.5 Å². The number of hydrogen-bond acceptors (Lipinski definition) is 6. The maximum Gasteiger partial charge on any atom is 0.311 e. The van der Waals surface area contributed by atoms with Crippen molar-refractivity contribution in [1.82, 2.24) is 9.80 Å². The molecule has 3 rings (SSSR count). The first-order chi connectivity index (χ1) is 14.3. The van der Waals surface area contributed by atoms with Crippen molar-refractivity contribution in [2.24, 2.45) is 5.92 Å². The topological polar surface area (TPSA) is 109 Å². The Hall–Kier alpha value is -3.62. The Bertz CT molecular complexity index is 921. The number of amides is 3. The molecule has 0 spiro atoms. The van der Waals surface area contributed by atoms with Crippen molar-refractivity contribution < 1.29 is 28.3 Å². The fourth-order valence-corrected chi connectivity index (χ4v) is 3.08. The van der Waals surface area contributed by atoms with Crippen molar-refractivity contribution in [3.05, 3.63) is 54.0 Å². The van der Waals surface area contributed by atoms with Crippen LogP contribution in [0.2, 0.25) is 0 Å². The zero-order chi connectivity index (χ0) is 21.7. The SMILES string of the molecule is CN(C)C(=O)c1ccc(NC(=O)COC(=O)[C@@H]2CC(=O)N(Cc3ccco3)C2)cc1. The van der Waals surface area contributed by atoms with E-state index in [1.54, 1.807) is 50.5 Å². The van der Waals surface area contributed by atoms with Gasteiger partial charge in [0.25, 0.3) is 11.8 Å². The van der Waals surface area contributed by atoms with E-state index >= 15 is 0 Å². The molecule has 1 aromatic carbocycles. The number of esters is 1. The minimum Gasteiger partial charge on any atom is -0.467 e. The second-order valence-electron chi connectivity index (χ2n) is 7.19. The van der Waals surface area contributed by atoms with E-state index in [0.717, 1.165) is 0 Å². The molecular formula is C21H23N3O6. The predicted molar refractivity (Wildman–Crippen MR) is 106 cm³/mol. The lowest BCUT2D eigenvalue weighted by atomic mass is 10.1. The second kappa shape index (κ2) is 9.25. The Morgan fingerprint density at radius 2 is 1.93 bits per heavy atom. The monoisotopic (exact) mass is 413 g/mol. The molecule has 1 aliphatic rings. The van der Waals surface area contributed by atoms with Crippen LogP contribution in [0.25, 0.3) is 0 Å². The van der Waals surface area contributed by atoms with Gasteiger partial charge in [0.15, 0.2) is 6.61 Å². The van der Waals surface area contributed by atoms with Gasteiger partial charge in [-0.05, 0) is 36.4 Å². The third-order valence-corrected chi connectivity index (χ3v) is 4.64. The number of ether oxygens (including phenoxy) is 1. The number of benzene rings is 1. The van der Waals surface area contributed by atoms with Gasteiger partial charge in [0, 0.05) is 38.3 Å². The molecule has 1 atom stereocenters. The summed E-state index contributed by atoms with van der Waals surface area (Å²) < 4.78 is 10.3. The van der Waals surface area contributed by atoms with Crippen LogP contribution in [0, 0.1) is 5.92 Å².